The number of hydrogen-bond acceptors (Lipinski definition) is 7. The maximum Gasteiger partial charge on any atom is 0.206 e. The zero-order chi connectivity index (χ0) is 20.6. The van der Waals surface area contributed by atoms with Crippen LogP contribution in [0.5, 0.6) is 0 Å². The summed E-state index contributed by atoms with van der Waals surface area (Å²) in [5.41, 5.74) is 2.44. The van der Waals surface area contributed by atoms with Gasteiger partial charge in [-0.3, -0.25) is 4.90 Å². The largest absolute Gasteiger partial charge is 0.379 e. The summed E-state index contributed by atoms with van der Waals surface area (Å²) in [6, 6.07) is 18.5. The Morgan fingerprint density at radius 2 is 1.77 bits per heavy atom. The Bertz CT molecular complexity index is 901. The van der Waals surface area contributed by atoms with Crippen molar-refractivity contribution in [1.29, 1.82) is 0 Å². The van der Waals surface area contributed by atoms with Crippen LogP contribution in [0.2, 0.25) is 5.02 Å². The maximum absolute atomic E-state index is 6.09. The number of nitrogens with one attached hydrogen (secondary N) is 1. The molecule has 0 amide bonds. The van der Waals surface area contributed by atoms with Crippen LogP contribution < -0.4 is 5.32 Å². The molecule has 2 aromatic carbocycles. The average Bonchev–Trinajstić information content (AvgIpc) is 3.25. The van der Waals surface area contributed by atoms with Crippen LogP contribution in [0.4, 0.5) is 5.13 Å². The molecule has 1 aliphatic heterocycles. The Labute approximate surface area is 190 Å². The Morgan fingerprint density at radius 3 is 2.53 bits per heavy atom. The fourth-order valence-electron chi connectivity index (χ4n) is 3.35. The zero-order valence-electron chi connectivity index (χ0n) is 16.7. The highest BCUT2D eigenvalue weighted by Crippen LogP contribution is 2.42. The Hall–Kier alpha value is -1.64. The molecule has 1 fully saturated rings. The molecule has 0 aliphatic carbocycles. The third kappa shape index (κ3) is 6.18. The van der Waals surface area contributed by atoms with Crippen molar-refractivity contribution in [2.24, 2.45) is 0 Å². The van der Waals surface area contributed by atoms with Crippen LogP contribution >= 0.6 is 34.7 Å². The van der Waals surface area contributed by atoms with Gasteiger partial charge in [0.25, 0.3) is 0 Å². The van der Waals surface area contributed by atoms with Gasteiger partial charge in [-0.25, -0.2) is 0 Å². The number of hydrogen-bond donors (Lipinski definition) is 1. The highest BCUT2D eigenvalue weighted by Gasteiger charge is 2.18. The number of anilines is 1. The first-order valence-corrected chi connectivity index (χ1v) is 12.2. The fourth-order valence-corrected chi connectivity index (χ4v) is 5.57. The standard InChI is InChI=1S/C22H25ClN4OS2/c23-19-9-7-18(8-10-19)20(17-5-2-1-3-6-17)29-22-26-25-21(30-22)24-11-4-12-27-13-15-28-16-14-27/h1-3,5-10,20H,4,11-16H2,(H,24,25). The number of thioether (sulfide) groups is 1. The molecule has 3 aromatic rings. The van der Waals surface area contributed by atoms with E-state index in [1.54, 1.807) is 23.1 Å². The van der Waals surface area contributed by atoms with Crippen molar-refractivity contribution in [3.63, 3.8) is 0 Å². The minimum absolute atomic E-state index is 0.144. The summed E-state index contributed by atoms with van der Waals surface area (Å²) in [7, 11) is 0. The Morgan fingerprint density at radius 1 is 1.03 bits per heavy atom. The van der Waals surface area contributed by atoms with Crippen LogP contribution in [0, 0.1) is 0 Å². The third-order valence-corrected chi connectivity index (χ3v) is 7.46. The molecule has 1 unspecified atom stereocenters. The van der Waals surface area contributed by atoms with Gasteiger partial charge in [0.05, 0.1) is 18.5 Å². The number of halogens is 1. The predicted octanol–water partition coefficient (Wildman–Crippen LogP) is 5.21. The normalized spacial score (nSPS) is 15.8. The summed E-state index contributed by atoms with van der Waals surface area (Å²) >= 11 is 9.42. The van der Waals surface area contributed by atoms with E-state index in [1.165, 1.54) is 11.1 Å². The van der Waals surface area contributed by atoms with E-state index in [9.17, 15) is 0 Å². The second-order valence-electron chi connectivity index (χ2n) is 7.07. The molecule has 1 saturated heterocycles. The average molecular weight is 461 g/mol. The first-order valence-electron chi connectivity index (χ1n) is 10.1. The van der Waals surface area contributed by atoms with E-state index < -0.39 is 0 Å². The molecule has 1 aliphatic rings. The quantitative estimate of drug-likeness (QED) is 0.349. The molecule has 5 nitrogen and oxygen atoms in total. The Kier molecular flexibility index (Phi) is 8.00. The van der Waals surface area contributed by atoms with Crippen LogP contribution in [0.15, 0.2) is 58.9 Å². The van der Waals surface area contributed by atoms with E-state index in [1.807, 2.05) is 18.2 Å². The molecule has 0 bridgehead atoms. The van der Waals surface area contributed by atoms with Crippen molar-refractivity contribution in [2.45, 2.75) is 16.0 Å². The summed E-state index contributed by atoms with van der Waals surface area (Å²) in [4.78, 5) is 2.45. The van der Waals surface area contributed by atoms with Gasteiger partial charge in [-0.1, -0.05) is 77.2 Å². The van der Waals surface area contributed by atoms with Crippen molar-refractivity contribution in [1.82, 2.24) is 15.1 Å². The number of morpholine rings is 1. The summed E-state index contributed by atoms with van der Waals surface area (Å²) < 4.78 is 6.35. The van der Waals surface area contributed by atoms with Crippen LogP contribution in [-0.4, -0.2) is 54.5 Å². The second kappa shape index (κ2) is 11.1. The molecule has 0 radical (unpaired) electrons. The van der Waals surface area contributed by atoms with Gasteiger partial charge in [-0.2, -0.15) is 0 Å². The van der Waals surface area contributed by atoms with Crippen LogP contribution in [0.1, 0.15) is 22.8 Å². The minimum atomic E-state index is 0.144. The molecule has 0 spiro atoms. The summed E-state index contributed by atoms with van der Waals surface area (Å²) in [6.07, 6.45) is 1.08. The molecule has 158 valence electrons. The highest BCUT2D eigenvalue weighted by molar-refractivity contribution is 8.01. The molecule has 4 rings (SSSR count). The van der Waals surface area contributed by atoms with E-state index >= 15 is 0 Å². The van der Waals surface area contributed by atoms with Gasteiger partial charge < -0.3 is 10.1 Å². The monoisotopic (exact) mass is 460 g/mol. The molecule has 2 heterocycles. The first kappa shape index (κ1) is 21.6. The van der Waals surface area contributed by atoms with E-state index in [0.29, 0.717) is 0 Å². The Balaban J connectivity index is 1.35. The van der Waals surface area contributed by atoms with Gasteiger partial charge in [0.1, 0.15) is 0 Å². The van der Waals surface area contributed by atoms with Gasteiger partial charge in [0, 0.05) is 24.7 Å². The smallest absolute Gasteiger partial charge is 0.206 e. The lowest BCUT2D eigenvalue weighted by Crippen LogP contribution is -2.37. The molecule has 0 saturated carbocycles. The van der Waals surface area contributed by atoms with Crippen molar-refractivity contribution < 1.29 is 4.74 Å². The van der Waals surface area contributed by atoms with Crippen LogP contribution in [0.3, 0.4) is 0 Å². The molecule has 8 heteroatoms. The van der Waals surface area contributed by atoms with Crippen molar-refractivity contribution in [2.75, 3.05) is 44.7 Å². The minimum Gasteiger partial charge on any atom is -0.379 e. The fraction of sp³-hybridized carbons (Fsp3) is 0.364. The zero-order valence-corrected chi connectivity index (χ0v) is 19.1. The number of benzene rings is 2. The lowest BCUT2D eigenvalue weighted by Gasteiger charge is -2.26. The number of rotatable bonds is 9. The van der Waals surface area contributed by atoms with E-state index in [4.69, 9.17) is 16.3 Å². The first-order chi connectivity index (χ1) is 14.8. The maximum atomic E-state index is 6.09. The van der Waals surface area contributed by atoms with Gasteiger partial charge >= 0.3 is 0 Å². The molecule has 30 heavy (non-hydrogen) atoms. The van der Waals surface area contributed by atoms with Gasteiger partial charge in [0.15, 0.2) is 4.34 Å². The molecule has 1 N–H and O–H groups in total. The lowest BCUT2D eigenvalue weighted by molar-refractivity contribution is 0.0378. The van der Waals surface area contributed by atoms with Gasteiger partial charge in [-0.05, 0) is 36.2 Å². The molecule has 1 aromatic heterocycles. The van der Waals surface area contributed by atoms with Crippen molar-refractivity contribution >= 4 is 39.8 Å². The van der Waals surface area contributed by atoms with Gasteiger partial charge in [-0.15, -0.1) is 10.2 Å². The van der Waals surface area contributed by atoms with Gasteiger partial charge in [0.2, 0.25) is 5.13 Å². The van der Waals surface area contributed by atoms with E-state index in [0.717, 1.165) is 60.3 Å². The van der Waals surface area contributed by atoms with E-state index in [-0.39, 0.29) is 5.25 Å². The number of ether oxygens (including phenoxy) is 1. The highest BCUT2D eigenvalue weighted by atomic mass is 35.5. The predicted molar refractivity (Wildman–Crippen MR) is 126 cm³/mol. The lowest BCUT2D eigenvalue weighted by atomic mass is 10.0. The summed E-state index contributed by atoms with van der Waals surface area (Å²) in [5, 5.41) is 13.9. The SMILES string of the molecule is Clc1ccc(C(Sc2nnc(NCCCN3CCOCC3)s2)c2ccccc2)cc1. The second-order valence-corrected chi connectivity index (χ2v) is 9.83. The molecular formula is C22H25ClN4OS2. The summed E-state index contributed by atoms with van der Waals surface area (Å²) in [5.74, 6) is 0. The summed E-state index contributed by atoms with van der Waals surface area (Å²) in [6.45, 7) is 5.75. The molecule has 1 atom stereocenters. The van der Waals surface area contributed by atoms with Crippen LogP contribution in [-0.2, 0) is 4.74 Å². The van der Waals surface area contributed by atoms with Crippen molar-refractivity contribution in [3.05, 3.63) is 70.7 Å². The molecular weight excluding hydrogens is 436 g/mol. The van der Waals surface area contributed by atoms with E-state index in [2.05, 4.69) is 56.8 Å². The topological polar surface area (TPSA) is 50.3 Å². The number of nitrogens with zero attached hydrogens (tertiary/aromatic N) is 3. The van der Waals surface area contributed by atoms with Crippen LogP contribution in [0.25, 0.3) is 0 Å². The van der Waals surface area contributed by atoms with Crippen molar-refractivity contribution in [3.8, 4) is 0 Å². The third-order valence-electron chi connectivity index (χ3n) is 4.93. The number of aromatic nitrogens is 2.